The first kappa shape index (κ1) is 18.6. The van der Waals surface area contributed by atoms with Gasteiger partial charge >= 0.3 is 0 Å². The molecule has 0 N–H and O–H groups in total. The second-order valence-corrected chi connectivity index (χ2v) is 7.34. The van der Waals surface area contributed by atoms with Crippen LogP contribution < -0.4 is 4.74 Å². The molecule has 0 aliphatic carbocycles. The number of rotatable bonds is 6. The molecule has 1 aliphatic heterocycles. The van der Waals surface area contributed by atoms with Crippen LogP contribution in [0.2, 0.25) is 0 Å². The molecule has 0 radical (unpaired) electrons. The van der Waals surface area contributed by atoms with Crippen LogP contribution >= 0.6 is 0 Å². The molecule has 2 heterocycles. The highest BCUT2D eigenvalue weighted by atomic mass is 16.5. The zero-order valence-electron chi connectivity index (χ0n) is 16.4. The van der Waals surface area contributed by atoms with E-state index in [9.17, 15) is 4.79 Å². The maximum Gasteiger partial charge on any atom is 0.227 e. The number of carbonyl (C=O) groups excluding carboxylic acids is 1. The summed E-state index contributed by atoms with van der Waals surface area (Å²) >= 11 is 0. The van der Waals surface area contributed by atoms with Gasteiger partial charge in [-0.2, -0.15) is 0 Å². The average Bonchev–Trinajstić information content (AvgIpc) is 3.05. The lowest BCUT2D eigenvalue weighted by molar-refractivity contribution is -0.132. The smallest absolute Gasteiger partial charge is 0.227 e. The lowest BCUT2D eigenvalue weighted by Gasteiger charge is -2.34. The number of carbonyl (C=O) groups is 1. The van der Waals surface area contributed by atoms with Crippen LogP contribution in [0.5, 0.6) is 5.75 Å². The van der Waals surface area contributed by atoms with Crippen LogP contribution in [0.3, 0.4) is 0 Å². The fourth-order valence-electron chi connectivity index (χ4n) is 3.87. The second kappa shape index (κ2) is 8.48. The van der Waals surface area contributed by atoms with E-state index in [1.165, 1.54) is 10.9 Å². The van der Waals surface area contributed by atoms with Crippen molar-refractivity contribution in [3.8, 4) is 5.75 Å². The van der Waals surface area contributed by atoms with Gasteiger partial charge in [0.15, 0.2) is 0 Å². The van der Waals surface area contributed by atoms with Gasteiger partial charge in [-0.25, -0.2) is 0 Å². The van der Waals surface area contributed by atoms with Crippen LogP contribution in [0, 0.1) is 0 Å². The monoisotopic (exact) mass is 377 g/mol. The molecule has 1 aromatic heterocycles. The lowest BCUT2D eigenvalue weighted by Crippen LogP contribution is -2.49. The molecule has 0 atom stereocenters. The van der Waals surface area contributed by atoms with Crippen molar-refractivity contribution in [2.45, 2.75) is 6.42 Å². The van der Waals surface area contributed by atoms with Crippen LogP contribution in [0.1, 0.15) is 5.56 Å². The fraction of sp³-hybridized carbons (Fsp3) is 0.348. The highest BCUT2D eigenvalue weighted by Gasteiger charge is 2.22. The van der Waals surface area contributed by atoms with Gasteiger partial charge in [0, 0.05) is 56.9 Å². The minimum atomic E-state index is 0.219. The Morgan fingerprint density at radius 3 is 2.46 bits per heavy atom. The molecule has 2 aromatic carbocycles. The number of hydrogen-bond donors (Lipinski definition) is 0. The molecule has 1 saturated heterocycles. The minimum absolute atomic E-state index is 0.219. The van der Waals surface area contributed by atoms with Crippen LogP contribution in [0.25, 0.3) is 10.9 Å². The Hall–Kier alpha value is -2.79. The molecule has 5 heteroatoms. The lowest BCUT2D eigenvalue weighted by atomic mass is 10.1. The molecule has 0 unspecified atom stereocenters. The third-order valence-electron chi connectivity index (χ3n) is 5.47. The number of nitrogens with zero attached hydrogens (tertiary/aromatic N) is 3. The van der Waals surface area contributed by atoms with Crippen molar-refractivity contribution in [2.24, 2.45) is 7.05 Å². The SMILES string of the molecule is Cn1cc(CC(=O)N2CCN(CCOc3ccccc3)CC2)c2ccccc21. The predicted octanol–water partition coefficient (Wildman–Crippen LogP) is 2.94. The van der Waals surface area contributed by atoms with Gasteiger partial charge in [-0.3, -0.25) is 9.69 Å². The van der Waals surface area contributed by atoms with Crippen LogP contribution in [0.4, 0.5) is 0 Å². The first-order chi connectivity index (χ1) is 13.7. The number of benzene rings is 2. The highest BCUT2D eigenvalue weighted by molar-refractivity contribution is 5.89. The fourth-order valence-corrected chi connectivity index (χ4v) is 3.87. The Morgan fingerprint density at radius 2 is 1.68 bits per heavy atom. The third-order valence-corrected chi connectivity index (χ3v) is 5.47. The maximum atomic E-state index is 12.8. The van der Waals surface area contributed by atoms with E-state index in [2.05, 4.69) is 27.8 Å². The quantitative estimate of drug-likeness (QED) is 0.663. The van der Waals surface area contributed by atoms with Crippen molar-refractivity contribution >= 4 is 16.8 Å². The summed E-state index contributed by atoms with van der Waals surface area (Å²) in [7, 11) is 2.03. The topological polar surface area (TPSA) is 37.7 Å². The first-order valence-corrected chi connectivity index (χ1v) is 9.91. The van der Waals surface area contributed by atoms with Gasteiger partial charge in [-0.1, -0.05) is 36.4 Å². The molecule has 5 nitrogen and oxygen atoms in total. The van der Waals surface area contributed by atoms with E-state index in [1.54, 1.807) is 0 Å². The Morgan fingerprint density at radius 1 is 0.964 bits per heavy atom. The highest BCUT2D eigenvalue weighted by Crippen LogP contribution is 2.21. The van der Waals surface area contributed by atoms with E-state index in [0.717, 1.165) is 44.0 Å². The van der Waals surface area contributed by atoms with Crippen LogP contribution in [-0.2, 0) is 18.3 Å². The minimum Gasteiger partial charge on any atom is -0.492 e. The Bertz CT molecular complexity index is 927. The maximum absolute atomic E-state index is 12.8. The van der Waals surface area contributed by atoms with E-state index < -0.39 is 0 Å². The normalized spacial score (nSPS) is 15.1. The number of hydrogen-bond acceptors (Lipinski definition) is 3. The zero-order chi connectivity index (χ0) is 19.3. The third kappa shape index (κ3) is 4.20. The van der Waals surface area contributed by atoms with Crippen molar-refractivity contribution in [2.75, 3.05) is 39.3 Å². The molecule has 0 spiro atoms. The van der Waals surface area contributed by atoms with E-state index >= 15 is 0 Å². The van der Waals surface area contributed by atoms with Crippen LogP contribution in [0.15, 0.2) is 60.8 Å². The van der Waals surface area contributed by atoms with E-state index in [-0.39, 0.29) is 5.91 Å². The number of aryl methyl sites for hydroxylation is 1. The van der Waals surface area contributed by atoms with Gasteiger partial charge in [-0.05, 0) is 23.8 Å². The molecule has 1 amide bonds. The summed E-state index contributed by atoms with van der Waals surface area (Å²) in [5.74, 6) is 1.13. The van der Waals surface area contributed by atoms with Crippen molar-refractivity contribution in [1.82, 2.24) is 14.4 Å². The van der Waals surface area contributed by atoms with Gasteiger partial charge in [0.2, 0.25) is 5.91 Å². The summed E-state index contributed by atoms with van der Waals surface area (Å²) < 4.78 is 7.88. The molecule has 0 bridgehead atoms. The van der Waals surface area contributed by atoms with Crippen molar-refractivity contribution in [3.63, 3.8) is 0 Å². The van der Waals surface area contributed by atoms with E-state index in [4.69, 9.17) is 4.74 Å². The van der Waals surface area contributed by atoms with Gasteiger partial charge in [0.1, 0.15) is 12.4 Å². The number of piperazine rings is 1. The van der Waals surface area contributed by atoms with E-state index in [1.807, 2.05) is 54.4 Å². The number of fused-ring (bicyclic) bond motifs is 1. The summed E-state index contributed by atoms with van der Waals surface area (Å²) in [5.41, 5.74) is 2.29. The molecular formula is C23H27N3O2. The molecule has 28 heavy (non-hydrogen) atoms. The molecular weight excluding hydrogens is 350 g/mol. The number of aromatic nitrogens is 1. The predicted molar refractivity (Wildman–Crippen MR) is 112 cm³/mol. The van der Waals surface area contributed by atoms with Gasteiger partial charge in [-0.15, -0.1) is 0 Å². The molecule has 0 saturated carbocycles. The van der Waals surface area contributed by atoms with Gasteiger partial charge in [0.25, 0.3) is 0 Å². The first-order valence-electron chi connectivity index (χ1n) is 9.91. The Kier molecular flexibility index (Phi) is 5.63. The molecule has 4 rings (SSSR count). The Balaban J connectivity index is 1.26. The summed E-state index contributed by atoms with van der Waals surface area (Å²) in [6.45, 7) is 4.94. The summed E-state index contributed by atoms with van der Waals surface area (Å²) in [6.07, 6.45) is 2.55. The average molecular weight is 377 g/mol. The van der Waals surface area contributed by atoms with Crippen molar-refractivity contribution in [3.05, 3.63) is 66.4 Å². The molecule has 1 fully saturated rings. The Labute approximate surface area is 166 Å². The standard InChI is InChI=1S/C23H27N3O2/c1-24-18-19(21-9-5-6-10-22(21)24)17-23(27)26-13-11-25(12-14-26)15-16-28-20-7-3-2-4-8-20/h2-10,18H,11-17H2,1H3. The molecule has 146 valence electrons. The van der Waals surface area contributed by atoms with Crippen LogP contribution in [-0.4, -0.2) is 59.6 Å². The summed E-state index contributed by atoms with van der Waals surface area (Å²) in [6, 6.07) is 18.2. The summed E-state index contributed by atoms with van der Waals surface area (Å²) in [5, 5.41) is 1.18. The zero-order valence-corrected chi connectivity index (χ0v) is 16.4. The van der Waals surface area contributed by atoms with Crippen molar-refractivity contribution in [1.29, 1.82) is 0 Å². The number of ether oxygens (including phenoxy) is 1. The summed E-state index contributed by atoms with van der Waals surface area (Å²) in [4.78, 5) is 17.2. The van der Waals surface area contributed by atoms with Crippen molar-refractivity contribution < 1.29 is 9.53 Å². The van der Waals surface area contributed by atoms with E-state index in [0.29, 0.717) is 13.0 Å². The van der Waals surface area contributed by atoms with Gasteiger partial charge in [0.05, 0.1) is 6.42 Å². The molecule has 1 aliphatic rings. The number of para-hydroxylation sites is 2. The molecule has 3 aromatic rings. The number of amides is 1. The second-order valence-electron chi connectivity index (χ2n) is 7.34. The van der Waals surface area contributed by atoms with Gasteiger partial charge < -0.3 is 14.2 Å². The largest absolute Gasteiger partial charge is 0.492 e.